The molecule has 4 aliphatic carbocycles. The first-order valence-corrected chi connectivity index (χ1v) is 20.2. The molecule has 6 aliphatic rings. The number of hydrogen-bond acceptors (Lipinski definition) is 9. The Bertz CT molecular complexity index is 1310. The molecule has 0 aromatic heterocycles. The normalized spacial score (nSPS) is 28.8. The summed E-state index contributed by atoms with van der Waals surface area (Å²) >= 11 is 0. The Balaban J connectivity index is 0.823. The summed E-state index contributed by atoms with van der Waals surface area (Å²) in [5.41, 5.74) is -1.65. The van der Waals surface area contributed by atoms with Crippen molar-refractivity contribution in [1.29, 1.82) is 0 Å². The fraction of sp³-hybridized carbons (Fsp3) is 0.810. The molecule has 0 aromatic carbocycles. The van der Waals surface area contributed by atoms with Gasteiger partial charge in [0.25, 0.3) is 0 Å². The highest BCUT2D eigenvalue weighted by Crippen LogP contribution is 2.53. The van der Waals surface area contributed by atoms with Crippen molar-refractivity contribution in [3.63, 3.8) is 0 Å². The first-order valence-electron chi connectivity index (χ1n) is 20.2. The number of ether oxygens (including phenoxy) is 5. The Labute approximate surface area is 315 Å². The van der Waals surface area contributed by atoms with Gasteiger partial charge in [-0.1, -0.05) is 0 Å². The van der Waals surface area contributed by atoms with Gasteiger partial charge in [0.15, 0.2) is 0 Å². The lowest BCUT2D eigenvalue weighted by Crippen LogP contribution is -2.46. The zero-order valence-electron chi connectivity index (χ0n) is 32.3. The molecule has 6 atom stereocenters. The molecule has 6 rings (SSSR count). The van der Waals surface area contributed by atoms with Gasteiger partial charge in [-0.25, -0.2) is 9.59 Å². The molecule has 4 fully saturated rings. The lowest BCUT2D eigenvalue weighted by atomic mass is 9.97. The minimum Gasteiger partial charge on any atom is -0.462 e. The summed E-state index contributed by atoms with van der Waals surface area (Å²) in [4.78, 5) is 54.9. The molecule has 0 aromatic rings. The highest BCUT2D eigenvalue weighted by atomic mass is 16.6. The van der Waals surface area contributed by atoms with Crippen LogP contribution in [0.1, 0.15) is 105 Å². The maximum absolute atomic E-state index is 13.0. The van der Waals surface area contributed by atoms with Crippen molar-refractivity contribution in [3.8, 4) is 23.7 Å². The molecule has 53 heavy (non-hydrogen) atoms. The van der Waals surface area contributed by atoms with Gasteiger partial charge in [-0.15, -0.1) is 23.7 Å². The van der Waals surface area contributed by atoms with E-state index in [9.17, 15) is 19.2 Å². The van der Waals surface area contributed by atoms with Crippen LogP contribution >= 0.6 is 0 Å². The number of rotatable bonds is 12. The molecule has 0 N–H and O–H groups in total. The van der Waals surface area contributed by atoms with Crippen molar-refractivity contribution in [2.24, 2.45) is 47.3 Å². The number of piperidine rings is 2. The van der Waals surface area contributed by atoms with Crippen LogP contribution in [0.3, 0.4) is 0 Å². The molecule has 2 aliphatic heterocycles. The smallest absolute Gasteiger partial charge is 0.409 e. The van der Waals surface area contributed by atoms with E-state index in [1.807, 2.05) is 27.7 Å². The van der Waals surface area contributed by atoms with Gasteiger partial charge in [-0.2, -0.15) is 0 Å². The third-order valence-electron chi connectivity index (χ3n) is 12.3. The van der Waals surface area contributed by atoms with Crippen LogP contribution in [-0.2, 0) is 33.3 Å². The lowest BCUT2D eigenvalue weighted by molar-refractivity contribution is -0.189. The third-order valence-corrected chi connectivity index (χ3v) is 12.3. The summed E-state index contributed by atoms with van der Waals surface area (Å²) in [6, 6.07) is 0. The van der Waals surface area contributed by atoms with E-state index in [2.05, 4.69) is 23.7 Å². The first kappa shape index (κ1) is 39.3. The van der Waals surface area contributed by atoms with Gasteiger partial charge in [0.1, 0.15) is 13.2 Å². The second kappa shape index (κ2) is 17.4. The predicted octanol–water partition coefficient (Wildman–Crippen LogP) is 6.22. The molecule has 2 saturated heterocycles. The summed E-state index contributed by atoms with van der Waals surface area (Å²) in [7, 11) is 0. The number of nitrogens with zero attached hydrogens (tertiary/aromatic N) is 2. The largest absolute Gasteiger partial charge is 0.462 e. The summed E-state index contributed by atoms with van der Waals surface area (Å²) in [5, 5.41) is 0. The van der Waals surface area contributed by atoms with E-state index in [4.69, 9.17) is 23.7 Å². The molecule has 11 nitrogen and oxygen atoms in total. The van der Waals surface area contributed by atoms with E-state index in [1.165, 1.54) is 0 Å². The number of fused-ring (bicyclic) bond motifs is 2. The fourth-order valence-electron chi connectivity index (χ4n) is 9.21. The number of esters is 2. The topological polar surface area (TPSA) is 121 Å². The van der Waals surface area contributed by atoms with Crippen molar-refractivity contribution in [3.05, 3.63) is 0 Å². The van der Waals surface area contributed by atoms with Crippen LogP contribution in [0.4, 0.5) is 9.59 Å². The van der Waals surface area contributed by atoms with Crippen molar-refractivity contribution < 1.29 is 42.9 Å². The predicted molar refractivity (Wildman–Crippen MR) is 196 cm³/mol. The van der Waals surface area contributed by atoms with Crippen molar-refractivity contribution in [2.45, 2.75) is 116 Å². The van der Waals surface area contributed by atoms with E-state index in [-0.39, 0.29) is 49.2 Å². The Morgan fingerprint density at radius 2 is 0.830 bits per heavy atom. The molecular weight excluding hydrogens is 676 g/mol. The van der Waals surface area contributed by atoms with Crippen molar-refractivity contribution in [1.82, 2.24) is 9.80 Å². The molecule has 2 saturated carbocycles. The quantitative estimate of drug-likeness (QED) is 0.131. The summed E-state index contributed by atoms with van der Waals surface area (Å²) in [6.07, 6.45) is 9.66. The Hall–Kier alpha value is -3.44. The zero-order chi connectivity index (χ0) is 37.6. The molecule has 0 spiro atoms. The highest BCUT2D eigenvalue weighted by Gasteiger charge is 2.50. The average Bonchev–Trinajstić information content (AvgIpc) is 3.98. The highest BCUT2D eigenvalue weighted by molar-refractivity contribution is 5.74. The van der Waals surface area contributed by atoms with Gasteiger partial charge < -0.3 is 33.5 Å². The molecule has 292 valence electrons. The minimum atomic E-state index is -0.823. The fourth-order valence-corrected chi connectivity index (χ4v) is 9.21. The van der Waals surface area contributed by atoms with Crippen LogP contribution in [0.2, 0.25) is 0 Å². The molecule has 0 bridgehead atoms. The molecule has 2 heterocycles. The first-order chi connectivity index (χ1) is 25.4. The summed E-state index contributed by atoms with van der Waals surface area (Å²) in [6.45, 7) is 10.3. The third kappa shape index (κ3) is 10.8. The maximum Gasteiger partial charge on any atom is 0.409 e. The summed E-state index contributed by atoms with van der Waals surface area (Å²) in [5.74, 6) is 15.1. The zero-order valence-corrected chi connectivity index (χ0v) is 32.3. The standard InChI is InChI=1S/C42H60N2O9/c1-41(2,27-51-37(45)29-17-21-43(22-18-29)39(47)49-25-35-31-13-9-5-6-10-14-32(31)35)53-42(3,4)28-52-38(46)30-19-23-44(24-20-30)40(48)50-26-36-33-15-11-7-8-12-16-34(33)36/h29-36H,9-28H2,1-4H3/t31-,32+,33-,34+,35?,36?. The lowest BCUT2D eigenvalue weighted by Gasteiger charge is -2.36. The van der Waals surface area contributed by atoms with Crippen LogP contribution in [0, 0.1) is 71.0 Å². The van der Waals surface area contributed by atoms with E-state index in [0.717, 1.165) is 51.4 Å². The van der Waals surface area contributed by atoms with Gasteiger partial charge in [0.05, 0.1) is 36.3 Å². The van der Waals surface area contributed by atoms with Crippen LogP contribution in [-0.4, -0.2) is 97.7 Å². The van der Waals surface area contributed by atoms with E-state index >= 15 is 0 Å². The van der Waals surface area contributed by atoms with Crippen LogP contribution in [0.25, 0.3) is 0 Å². The van der Waals surface area contributed by atoms with Crippen LogP contribution in [0.15, 0.2) is 0 Å². The molecule has 2 unspecified atom stereocenters. The minimum absolute atomic E-state index is 0.0469. The summed E-state index contributed by atoms with van der Waals surface area (Å²) < 4.78 is 29.1. The van der Waals surface area contributed by atoms with E-state index in [1.54, 1.807) is 9.80 Å². The van der Waals surface area contributed by atoms with Gasteiger partial charge >= 0.3 is 24.1 Å². The maximum atomic E-state index is 13.0. The van der Waals surface area contributed by atoms with Crippen molar-refractivity contribution >= 4 is 24.1 Å². The molecule has 2 amide bonds. The SMILES string of the molecule is CC(C)(COC(=O)C1CCN(C(=O)OCC2[C@H]3CCC#CCC[C@@H]23)CC1)OC(C)(C)COC(=O)C1CCN(C(=O)OCC2[C@H]3CCC#CCC[C@@H]23)CC1. The second-order valence-corrected chi connectivity index (χ2v) is 17.4. The Morgan fingerprint density at radius 3 is 1.15 bits per heavy atom. The number of amides is 2. The average molecular weight is 737 g/mol. The number of likely N-dealkylation sites (tertiary alicyclic amines) is 2. The van der Waals surface area contributed by atoms with Crippen molar-refractivity contribution in [2.75, 3.05) is 52.6 Å². The Kier molecular flexibility index (Phi) is 12.9. The molecular formula is C42H60N2O9. The molecule has 11 heteroatoms. The number of carbonyl (C=O) groups is 4. The van der Waals surface area contributed by atoms with Crippen LogP contribution < -0.4 is 0 Å². The molecule has 0 radical (unpaired) electrons. The van der Waals surface area contributed by atoms with Gasteiger partial charge in [0.2, 0.25) is 0 Å². The van der Waals surface area contributed by atoms with Gasteiger partial charge in [0, 0.05) is 51.9 Å². The van der Waals surface area contributed by atoms with E-state index in [0.29, 0.717) is 101 Å². The van der Waals surface area contributed by atoms with Gasteiger partial charge in [-0.3, -0.25) is 9.59 Å². The number of carbonyl (C=O) groups excluding carboxylic acids is 4. The van der Waals surface area contributed by atoms with Gasteiger partial charge in [-0.05, 0) is 115 Å². The van der Waals surface area contributed by atoms with E-state index < -0.39 is 11.2 Å². The van der Waals surface area contributed by atoms with Crippen LogP contribution in [0.5, 0.6) is 0 Å². The monoisotopic (exact) mass is 736 g/mol. The number of hydrogen-bond donors (Lipinski definition) is 0. The Morgan fingerprint density at radius 1 is 0.509 bits per heavy atom. The second-order valence-electron chi connectivity index (χ2n) is 17.4.